The van der Waals surface area contributed by atoms with Crippen LogP contribution in [0.4, 0.5) is 23.0 Å². The number of hydrogen-bond acceptors (Lipinski definition) is 8. The molecule has 1 amide bonds. The molecule has 1 atom stereocenters. The van der Waals surface area contributed by atoms with Crippen LogP contribution in [-0.2, 0) is 18.4 Å². The second-order valence-corrected chi connectivity index (χ2v) is 11.0. The molecule has 2 aliphatic heterocycles. The van der Waals surface area contributed by atoms with Crippen LogP contribution in [0.5, 0.6) is 0 Å². The number of halogens is 1. The van der Waals surface area contributed by atoms with E-state index in [2.05, 4.69) is 54.4 Å². The lowest BCUT2D eigenvalue weighted by atomic mass is 10.1. The molecule has 0 aliphatic carbocycles. The van der Waals surface area contributed by atoms with Gasteiger partial charge in [-0.15, -0.1) is 0 Å². The van der Waals surface area contributed by atoms with Gasteiger partial charge in [0.1, 0.15) is 6.04 Å². The number of carbonyl (C=O) groups excluding carboxylic acids is 1. The number of amides is 1. The molecule has 2 saturated heterocycles. The van der Waals surface area contributed by atoms with Gasteiger partial charge in [-0.25, -0.2) is 9.97 Å². The minimum absolute atomic E-state index is 0.233. The number of anilines is 4. The fourth-order valence-corrected chi connectivity index (χ4v) is 5.89. The van der Waals surface area contributed by atoms with E-state index in [0.29, 0.717) is 5.95 Å². The monoisotopic (exact) mass is 571 g/mol. The predicted molar refractivity (Wildman–Crippen MR) is 162 cm³/mol. The van der Waals surface area contributed by atoms with Crippen molar-refractivity contribution in [2.45, 2.75) is 25.4 Å². The summed E-state index contributed by atoms with van der Waals surface area (Å²) in [5.74, 6) is 0.269. The fraction of sp³-hybridized carbons (Fsp3) is 0.333. The second kappa shape index (κ2) is 11.8. The van der Waals surface area contributed by atoms with Gasteiger partial charge >= 0.3 is 0 Å². The van der Waals surface area contributed by atoms with E-state index in [1.165, 1.54) is 5.69 Å². The zero-order valence-electron chi connectivity index (χ0n) is 23.1. The van der Waals surface area contributed by atoms with Crippen LogP contribution in [0.1, 0.15) is 18.5 Å². The van der Waals surface area contributed by atoms with E-state index >= 15 is 0 Å². The van der Waals surface area contributed by atoms with Crippen LogP contribution in [0.15, 0.2) is 67.0 Å². The molecule has 6 rings (SSSR count). The summed E-state index contributed by atoms with van der Waals surface area (Å²) in [6, 6.07) is 18.2. The Kier molecular flexibility index (Phi) is 7.76. The highest BCUT2D eigenvalue weighted by molar-refractivity contribution is 6.31. The minimum atomic E-state index is -0.268. The number of nitrogens with zero attached hydrogens (tertiary/aromatic N) is 7. The molecule has 10 nitrogen and oxygen atoms in total. The Balaban J connectivity index is 1.05. The SMILES string of the molecule is Cn1cc(Cl)c(CN2CCN(c3ccc(Nc4nccc(-c5ccc(N6CCC[C@@H]6C(N)=O)cc5)n4)cc3)CC2)n1. The smallest absolute Gasteiger partial charge is 0.240 e. The van der Waals surface area contributed by atoms with Gasteiger partial charge in [-0.3, -0.25) is 14.4 Å². The molecule has 41 heavy (non-hydrogen) atoms. The molecule has 2 aliphatic rings. The Hall–Kier alpha value is -4.15. The summed E-state index contributed by atoms with van der Waals surface area (Å²) in [7, 11) is 1.89. The summed E-state index contributed by atoms with van der Waals surface area (Å²) in [5.41, 5.74) is 11.4. The molecule has 0 bridgehead atoms. The van der Waals surface area contributed by atoms with E-state index in [0.717, 1.165) is 85.5 Å². The van der Waals surface area contributed by atoms with Crippen molar-refractivity contribution in [3.63, 3.8) is 0 Å². The van der Waals surface area contributed by atoms with Gasteiger partial charge in [0.25, 0.3) is 0 Å². The Morgan fingerprint density at radius 1 is 1.00 bits per heavy atom. The van der Waals surface area contributed by atoms with Gasteiger partial charge in [0.2, 0.25) is 11.9 Å². The highest BCUT2D eigenvalue weighted by Crippen LogP contribution is 2.29. The Bertz CT molecular complexity index is 1500. The Morgan fingerprint density at radius 3 is 2.41 bits per heavy atom. The molecule has 2 aromatic carbocycles. The van der Waals surface area contributed by atoms with Crippen molar-refractivity contribution < 1.29 is 4.79 Å². The van der Waals surface area contributed by atoms with E-state index in [9.17, 15) is 4.79 Å². The lowest BCUT2D eigenvalue weighted by Crippen LogP contribution is -2.46. The number of benzene rings is 2. The molecule has 3 N–H and O–H groups in total. The maximum absolute atomic E-state index is 11.8. The number of carbonyl (C=O) groups is 1. The Labute approximate surface area is 244 Å². The molecule has 0 unspecified atom stereocenters. The standard InChI is InChI=1S/C30H34ClN9O/c1-37-19-25(31)27(36-37)20-38-15-17-39(18-16-38)23-10-6-22(7-11-23)34-30-33-13-12-26(35-30)21-4-8-24(9-5-21)40-14-2-3-28(40)29(32)41/h4-13,19,28H,2-3,14-18,20H2,1H3,(H2,32,41)(H,33,34,35)/t28-/m1/s1. The number of nitrogens with two attached hydrogens (primary N) is 1. The number of primary amides is 1. The van der Waals surface area contributed by atoms with Crippen molar-refractivity contribution >= 4 is 40.5 Å². The summed E-state index contributed by atoms with van der Waals surface area (Å²) in [5, 5.41) is 8.53. The van der Waals surface area contributed by atoms with Crippen molar-refractivity contribution in [3.05, 3.63) is 77.7 Å². The molecule has 0 saturated carbocycles. The first-order valence-corrected chi connectivity index (χ1v) is 14.3. The molecule has 2 fully saturated rings. The topological polar surface area (TPSA) is 108 Å². The van der Waals surface area contributed by atoms with Crippen LogP contribution >= 0.6 is 11.6 Å². The van der Waals surface area contributed by atoms with E-state index in [1.54, 1.807) is 10.9 Å². The van der Waals surface area contributed by atoms with Crippen molar-refractivity contribution in [1.29, 1.82) is 0 Å². The number of nitrogens with one attached hydrogen (secondary N) is 1. The summed E-state index contributed by atoms with van der Waals surface area (Å²) >= 11 is 6.29. The number of piperazine rings is 1. The van der Waals surface area contributed by atoms with E-state index in [1.807, 2.05) is 43.6 Å². The average Bonchev–Trinajstić information content (AvgIpc) is 3.60. The summed E-state index contributed by atoms with van der Waals surface area (Å²) in [6.07, 6.45) is 5.38. The number of aromatic nitrogens is 4. The zero-order valence-corrected chi connectivity index (χ0v) is 23.8. The molecule has 11 heteroatoms. The lowest BCUT2D eigenvalue weighted by molar-refractivity contribution is -0.119. The van der Waals surface area contributed by atoms with E-state index in [-0.39, 0.29) is 11.9 Å². The largest absolute Gasteiger partial charge is 0.369 e. The van der Waals surface area contributed by atoms with Crippen molar-refractivity contribution in [2.75, 3.05) is 47.8 Å². The molecule has 0 radical (unpaired) electrons. The van der Waals surface area contributed by atoms with Gasteiger partial charge in [0, 0.05) is 81.3 Å². The van der Waals surface area contributed by atoms with Crippen molar-refractivity contribution in [3.8, 4) is 11.3 Å². The van der Waals surface area contributed by atoms with Crippen LogP contribution in [-0.4, -0.2) is 69.3 Å². The molecule has 4 aromatic rings. The van der Waals surface area contributed by atoms with Crippen molar-refractivity contribution in [2.24, 2.45) is 12.8 Å². The second-order valence-electron chi connectivity index (χ2n) is 10.6. The molecule has 2 aromatic heterocycles. The van der Waals surface area contributed by atoms with Gasteiger partial charge in [0.15, 0.2) is 0 Å². The maximum Gasteiger partial charge on any atom is 0.240 e. The summed E-state index contributed by atoms with van der Waals surface area (Å²) in [6.45, 7) is 5.42. The summed E-state index contributed by atoms with van der Waals surface area (Å²) < 4.78 is 1.76. The van der Waals surface area contributed by atoms with Crippen LogP contribution in [0, 0.1) is 0 Å². The molecular formula is C30H34ClN9O. The van der Waals surface area contributed by atoms with Crippen LogP contribution in [0.3, 0.4) is 0 Å². The maximum atomic E-state index is 11.8. The van der Waals surface area contributed by atoms with Gasteiger partial charge in [-0.05, 0) is 55.3 Å². The van der Waals surface area contributed by atoms with Crippen molar-refractivity contribution in [1.82, 2.24) is 24.6 Å². The van der Waals surface area contributed by atoms with E-state index < -0.39 is 0 Å². The van der Waals surface area contributed by atoms with Gasteiger partial charge in [-0.1, -0.05) is 23.7 Å². The third-order valence-corrected chi connectivity index (χ3v) is 8.14. The third kappa shape index (κ3) is 6.13. The number of rotatable bonds is 8. The van der Waals surface area contributed by atoms with Gasteiger partial charge in [-0.2, -0.15) is 5.10 Å². The quantitative estimate of drug-likeness (QED) is 0.326. The first-order valence-electron chi connectivity index (χ1n) is 13.9. The van der Waals surface area contributed by atoms with Crippen LogP contribution < -0.4 is 20.9 Å². The average molecular weight is 572 g/mol. The molecular weight excluding hydrogens is 538 g/mol. The lowest BCUT2D eigenvalue weighted by Gasteiger charge is -2.35. The summed E-state index contributed by atoms with van der Waals surface area (Å²) in [4.78, 5) is 27.8. The first-order chi connectivity index (χ1) is 19.9. The van der Waals surface area contributed by atoms with Crippen LogP contribution in [0.25, 0.3) is 11.3 Å². The highest BCUT2D eigenvalue weighted by atomic mass is 35.5. The zero-order chi connectivity index (χ0) is 28.3. The predicted octanol–water partition coefficient (Wildman–Crippen LogP) is 4.05. The number of hydrogen-bond donors (Lipinski definition) is 2. The molecule has 4 heterocycles. The minimum Gasteiger partial charge on any atom is -0.369 e. The van der Waals surface area contributed by atoms with Gasteiger partial charge in [0.05, 0.1) is 16.4 Å². The molecule has 212 valence electrons. The third-order valence-electron chi connectivity index (χ3n) is 7.82. The first kappa shape index (κ1) is 27.0. The molecule has 0 spiro atoms. The Morgan fingerprint density at radius 2 is 1.73 bits per heavy atom. The van der Waals surface area contributed by atoms with Crippen LogP contribution in [0.2, 0.25) is 5.02 Å². The fourth-order valence-electron chi connectivity index (χ4n) is 5.65. The van der Waals surface area contributed by atoms with E-state index in [4.69, 9.17) is 22.3 Å². The highest BCUT2D eigenvalue weighted by Gasteiger charge is 2.29. The number of aryl methyl sites for hydroxylation is 1. The van der Waals surface area contributed by atoms with Gasteiger partial charge < -0.3 is 20.9 Å². The normalized spacial score (nSPS) is 17.7.